The van der Waals surface area contributed by atoms with E-state index in [9.17, 15) is 0 Å². The lowest BCUT2D eigenvalue weighted by Crippen LogP contribution is -1.88. The Morgan fingerprint density at radius 1 is 1.33 bits per heavy atom. The van der Waals surface area contributed by atoms with Gasteiger partial charge in [-0.25, -0.2) is 4.98 Å². The zero-order valence-corrected chi connectivity index (χ0v) is 10.5. The number of benzene rings is 1. The second kappa shape index (κ2) is 4.52. The number of aryl methyl sites for hydroxylation is 1. The van der Waals surface area contributed by atoms with Gasteiger partial charge in [0, 0.05) is 27.5 Å². The molecule has 0 N–H and O–H groups in total. The molecule has 4 heteroatoms. The Kier molecular flexibility index (Phi) is 3.29. The summed E-state index contributed by atoms with van der Waals surface area (Å²) >= 11 is 13.6. The molecule has 1 aromatic heterocycles. The van der Waals surface area contributed by atoms with Crippen LogP contribution in [0, 0.1) is 6.92 Å². The summed E-state index contributed by atoms with van der Waals surface area (Å²) in [4.78, 5) is 4.40. The van der Waals surface area contributed by atoms with E-state index in [-0.39, 0.29) is 0 Å². The van der Waals surface area contributed by atoms with Gasteiger partial charge < -0.3 is 0 Å². The minimum Gasteiger partial charge on any atom is -0.246 e. The number of hydrogen-bond acceptors (Lipinski definition) is 2. The minimum absolute atomic E-state index is 0.666. The van der Waals surface area contributed by atoms with E-state index in [1.165, 1.54) is 0 Å². The molecule has 0 amide bonds. The van der Waals surface area contributed by atoms with Crippen molar-refractivity contribution in [2.45, 2.75) is 13.3 Å². The molecule has 1 nitrogen and oxygen atoms in total. The van der Waals surface area contributed by atoms with Crippen molar-refractivity contribution in [3.05, 3.63) is 49.9 Å². The van der Waals surface area contributed by atoms with Gasteiger partial charge in [-0.2, -0.15) is 0 Å². The Hall–Kier alpha value is -0.570. The van der Waals surface area contributed by atoms with Crippen LogP contribution >= 0.6 is 34.5 Å². The SMILES string of the molecule is Cc1csc(Cc2ccc(Cl)cc2Cl)n1. The van der Waals surface area contributed by atoms with E-state index in [1.807, 2.05) is 24.4 Å². The number of thiazole rings is 1. The van der Waals surface area contributed by atoms with Crippen LogP contribution in [-0.4, -0.2) is 4.98 Å². The van der Waals surface area contributed by atoms with E-state index in [2.05, 4.69) is 4.98 Å². The maximum absolute atomic E-state index is 6.08. The predicted molar refractivity (Wildman–Crippen MR) is 66.1 cm³/mol. The summed E-state index contributed by atoms with van der Waals surface area (Å²) in [6.45, 7) is 1.99. The van der Waals surface area contributed by atoms with Gasteiger partial charge >= 0.3 is 0 Å². The lowest BCUT2D eigenvalue weighted by Gasteiger charge is -2.01. The molecule has 2 aromatic rings. The lowest BCUT2D eigenvalue weighted by atomic mass is 10.1. The van der Waals surface area contributed by atoms with Crippen molar-refractivity contribution >= 4 is 34.5 Å². The normalized spacial score (nSPS) is 10.6. The molecular weight excluding hydrogens is 249 g/mol. The molecule has 0 saturated carbocycles. The average molecular weight is 258 g/mol. The van der Waals surface area contributed by atoms with Gasteiger partial charge in [-0.05, 0) is 24.6 Å². The Morgan fingerprint density at radius 2 is 2.13 bits per heavy atom. The quantitative estimate of drug-likeness (QED) is 0.780. The molecule has 0 atom stereocenters. The molecule has 0 saturated heterocycles. The first-order chi connectivity index (χ1) is 7.15. The van der Waals surface area contributed by atoms with Gasteiger partial charge in [0.1, 0.15) is 0 Å². The standard InChI is InChI=1S/C11H9Cl2NS/c1-7-6-15-11(14-7)4-8-2-3-9(12)5-10(8)13/h2-3,5-6H,4H2,1H3. The molecule has 0 aliphatic carbocycles. The van der Waals surface area contributed by atoms with Gasteiger partial charge in [0.25, 0.3) is 0 Å². The monoisotopic (exact) mass is 257 g/mol. The lowest BCUT2D eigenvalue weighted by molar-refractivity contribution is 1.10. The highest BCUT2D eigenvalue weighted by Gasteiger charge is 2.05. The van der Waals surface area contributed by atoms with Crippen molar-refractivity contribution in [1.82, 2.24) is 4.98 Å². The first-order valence-corrected chi connectivity index (χ1v) is 6.13. The molecule has 78 valence electrons. The highest BCUT2D eigenvalue weighted by molar-refractivity contribution is 7.09. The molecule has 15 heavy (non-hydrogen) atoms. The van der Waals surface area contributed by atoms with Crippen LogP contribution < -0.4 is 0 Å². The third-order valence-corrected chi connectivity index (χ3v) is 3.58. The number of rotatable bonds is 2. The predicted octanol–water partition coefficient (Wildman–Crippen LogP) is 4.35. The van der Waals surface area contributed by atoms with Crippen molar-refractivity contribution < 1.29 is 0 Å². The van der Waals surface area contributed by atoms with Crippen LogP contribution in [0.3, 0.4) is 0 Å². The maximum atomic E-state index is 6.08. The fourth-order valence-electron chi connectivity index (χ4n) is 1.31. The van der Waals surface area contributed by atoms with Crippen molar-refractivity contribution in [2.24, 2.45) is 0 Å². The summed E-state index contributed by atoms with van der Waals surface area (Å²) in [5.41, 5.74) is 2.12. The molecule has 0 aliphatic heterocycles. The maximum Gasteiger partial charge on any atom is 0.0972 e. The molecule has 0 aliphatic rings. The van der Waals surface area contributed by atoms with Crippen molar-refractivity contribution in [3.8, 4) is 0 Å². The fraction of sp³-hybridized carbons (Fsp3) is 0.182. The molecule has 0 bridgehead atoms. The van der Waals surface area contributed by atoms with Crippen LogP contribution in [0.25, 0.3) is 0 Å². The Morgan fingerprint density at radius 3 is 2.73 bits per heavy atom. The second-order valence-corrected chi connectivity index (χ2v) is 5.08. The largest absolute Gasteiger partial charge is 0.246 e. The van der Waals surface area contributed by atoms with Gasteiger partial charge in [0.15, 0.2) is 0 Å². The van der Waals surface area contributed by atoms with E-state index >= 15 is 0 Å². The number of halogens is 2. The first-order valence-electron chi connectivity index (χ1n) is 4.50. The van der Waals surface area contributed by atoms with Gasteiger partial charge in [0.2, 0.25) is 0 Å². The van der Waals surface area contributed by atoms with E-state index < -0.39 is 0 Å². The van der Waals surface area contributed by atoms with E-state index in [0.29, 0.717) is 10.0 Å². The second-order valence-electron chi connectivity index (χ2n) is 3.30. The van der Waals surface area contributed by atoms with E-state index in [1.54, 1.807) is 17.4 Å². The Balaban J connectivity index is 2.24. The van der Waals surface area contributed by atoms with Crippen molar-refractivity contribution in [1.29, 1.82) is 0 Å². The molecule has 0 spiro atoms. The topological polar surface area (TPSA) is 12.9 Å². The third-order valence-electron chi connectivity index (χ3n) is 2.02. The Bertz CT molecular complexity index is 479. The molecular formula is C11H9Cl2NS. The molecule has 1 aromatic carbocycles. The van der Waals surface area contributed by atoms with Crippen LogP contribution in [0.4, 0.5) is 0 Å². The smallest absolute Gasteiger partial charge is 0.0972 e. The molecule has 0 fully saturated rings. The summed E-state index contributed by atoms with van der Waals surface area (Å²) < 4.78 is 0. The van der Waals surface area contributed by atoms with Crippen molar-refractivity contribution in [3.63, 3.8) is 0 Å². The molecule has 2 rings (SSSR count). The number of hydrogen-bond donors (Lipinski definition) is 0. The van der Waals surface area contributed by atoms with Gasteiger partial charge in [-0.1, -0.05) is 29.3 Å². The highest BCUT2D eigenvalue weighted by Crippen LogP contribution is 2.24. The zero-order chi connectivity index (χ0) is 10.8. The summed E-state index contributed by atoms with van der Waals surface area (Å²) in [5, 5.41) is 4.49. The van der Waals surface area contributed by atoms with Crippen LogP contribution in [-0.2, 0) is 6.42 Å². The number of aromatic nitrogens is 1. The molecule has 0 radical (unpaired) electrons. The van der Waals surface area contributed by atoms with Crippen LogP contribution in [0.15, 0.2) is 23.6 Å². The van der Waals surface area contributed by atoms with E-state index in [4.69, 9.17) is 23.2 Å². The summed E-state index contributed by atoms with van der Waals surface area (Å²) in [5.74, 6) is 0. The van der Waals surface area contributed by atoms with Crippen LogP contribution in [0.1, 0.15) is 16.3 Å². The van der Waals surface area contributed by atoms with Crippen LogP contribution in [0.2, 0.25) is 10.0 Å². The Labute approximate surface area is 103 Å². The average Bonchev–Trinajstić information content (AvgIpc) is 2.56. The highest BCUT2D eigenvalue weighted by atomic mass is 35.5. The van der Waals surface area contributed by atoms with Gasteiger partial charge in [0.05, 0.1) is 5.01 Å². The van der Waals surface area contributed by atoms with Crippen molar-refractivity contribution in [2.75, 3.05) is 0 Å². The number of nitrogens with zero attached hydrogens (tertiary/aromatic N) is 1. The fourth-order valence-corrected chi connectivity index (χ4v) is 2.58. The van der Waals surface area contributed by atoms with Crippen LogP contribution in [0.5, 0.6) is 0 Å². The first kappa shape index (κ1) is 10.9. The van der Waals surface area contributed by atoms with Gasteiger partial charge in [-0.3, -0.25) is 0 Å². The summed E-state index contributed by atoms with van der Waals surface area (Å²) in [7, 11) is 0. The van der Waals surface area contributed by atoms with Gasteiger partial charge in [-0.15, -0.1) is 11.3 Å². The third kappa shape index (κ3) is 2.71. The summed E-state index contributed by atoms with van der Waals surface area (Å²) in [6.07, 6.45) is 0.772. The molecule has 1 heterocycles. The summed E-state index contributed by atoms with van der Waals surface area (Å²) in [6, 6.07) is 5.56. The minimum atomic E-state index is 0.666. The van der Waals surface area contributed by atoms with E-state index in [0.717, 1.165) is 22.7 Å². The zero-order valence-electron chi connectivity index (χ0n) is 8.13. The molecule has 0 unspecified atom stereocenters.